The van der Waals surface area contributed by atoms with Crippen LogP contribution in [0.2, 0.25) is 0 Å². The fraction of sp³-hybridized carbons (Fsp3) is 0.571. The molecule has 0 saturated carbocycles. The molecule has 1 aliphatic rings. The molecule has 1 aliphatic heterocycles. The lowest BCUT2D eigenvalue weighted by molar-refractivity contribution is -0.141. The zero-order chi connectivity index (χ0) is 17.0. The van der Waals surface area contributed by atoms with Crippen LogP contribution in [0, 0.1) is 0 Å². The van der Waals surface area contributed by atoms with Crippen molar-refractivity contribution in [1.82, 2.24) is 9.88 Å². The molecule has 0 aromatic carbocycles. The van der Waals surface area contributed by atoms with E-state index in [0.717, 1.165) is 12.3 Å². The Balaban J connectivity index is 2.17. The van der Waals surface area contributed by atoms with E-state index in [1.165, 1.54) is 7.11 Å². The maximum atomic E-state index is 12.7. The second-order valence-corrected chi connectivity index (χ2v) is 5.14. The highest BCUT2D eigenvalue weighted by atomic mass is 19.4. The van der Waals surface area contributed by atoms with Gasteiger partial charge in [0.05, 0.1) is 19.9 Å². The first-order valence-corrected chi connectivity index (χ1v) is 7.09. The van der Waals surface area contributed by atoms with Crippen LogP contribution in [0.4, 0.5) is 23.7 Å². The van der Waals surface area contributed by atoms with Crippen LogP contribution in [0.1, 0.15) is 19.0 Å². The summed E-state index contributed by atoms with van der Waals surface area (Å²) >= 11 is 0. The molecule has 128 valence electrons. The number of carbonyl (C=O) groups is 1. The summed E-state index contributed by atoms with van der Waals surface area (Å²) < 4.78 is 48.2. The number of amides is 2. The number of urea groups is 1. The Morgan fingerprint density at radius 3 is 2.87 bits per heavy atom. The number of carbonyl (C=O) groups excluding carboxylic acids is 1. The highest BCUT2D eigenvalue weighted by Gasteiger charge is 2.33. The van der Waals surface area contributed by atoms with Gasteiger partial charge in [0.2, 0.25) is 0 Å². The van der Waals surface area contributed by atoms with E-state index in [-0.39, 0.29) is 17.5 Å². The van der Waals surface area contributed by atoms with Gasteiger partial charge in [0.1, 0.15) is 17.1 Å². The largest absolute Gasteiger partial charge is 0.494 e. The van der Waals surface area contributed by atoms with Crippen molar-refractivity contribution in [2.75, 3.05) is 32.2 Å². The maximum absolute atomic E-state index is 12.7. The minimum atomic E-state index is -4.58. The van der Waals surface area contributed by atoms with Crippen LogP contribution >= 0.6 is 0 Å². The van der Waals surface area contributed by atoms with Crippen LogP contribution in [0.15, 0.2) is 12.3 Å². The fourth-order valence-electron chi connectivity index (χ4n) is 2.24. The summed E-state index contributed by atoms with van der Waals surface area (Å²) in [6.45, 7) is 3.27. The smallest absolute Gasteiger partial charge is 0.433 e. The molecule has 1 atom stereocenters. The van der Waals surface area contributed by atoms with Gasteiger partial charge >= 0.3 is 12.2 Å². The number of alkyl halides is 3. The number of hydrogen-bond donors (Lipinski definition) is 1. The Hall–Kier alpha value is -2.03. The van der Waals surface area contributed by atoms with E-state index in [1.807, 2.05) is 6.92 Å². The number of rotatable bonds is 2. The highest BCUT2D eigenvalue weighted by Crippen LogP contribution is 2.33. The second kappa shape index (κ2) is 7.03. The van der Waals surface area contributed by atoms with Crippen molar-refractivity contribution in [3.8, 4) is 5.75 Å². The molecular formula is C14H18F3N3O3. The fourth-order valence-corrected chi connectivity index (χ4v) is 2.24. The Morgan fingerprint density at radius 2 is 2.22 bits per heavy atom. The zero-order valence-electron chi connectivity index (χ0n) is 12.8. The minimum absolute atomic E-state index is 0.0362. The van der Waals surface area contributed by atoms with E-state index in [2.05, 4.69) is 10.3 Å². The highest BCUT2D eigenvalue weighted by molar-refractivity contribution is 5.91. The number of methoxy groups -OCH3 is 1. The van der Waals surface area contributed by atoms with Crippen LogP contribution in [-0.2, 0) is 10.9 Å². The van der Waals surface area contributed by atoms with E-state index in [4.69, 9.17) is 9.47 Å². The predicted molar refractivity (Wildman–Crippen MR) is 76.4 cm³/mol. The van der Waals surface area contributed by atoms with Crippen molar-refractivity contribution in [3.05, 3.63) is 18.0 Å². The molecule has 0 unspecified atom stereocenters. The monoisotopic (exact) mass is 333 g/mol. The molecule has 1 saturated heterocycles. The maximum Gasteiger partial charge on any atom is 0.433 e. The van der Waals surface area contributed by atoms with E-state index in [9.17, 15) is 18.0 Å². The quantitative estimate of drug-likeness (QED) is 0.904. The number of anilines is 1. The lowest BCUT2D eigenvalue weighted by Gasteiger charge is -2.26. The molecule has 1 fully saturated rings. The topological polar surface area (TPSA) is 63.7 Å². The lowest BCUT2D eigenvalue weighted by Crippen LogP contribution is -2.42. The Bertz CT molecular complexity index is 566. The number of hydrogen-bond acceptors (Lipinski definition) is 4. The summed E-state index contributed by atoms with van der Waals surface area (Å²) in [7, 11) is 1.23. The van der Waals surface area contributed by atoms with E-state index < -0.39 is 17.9 Å². The first-order chi connectivity index (χ1) is 10.8. The predicted octanol–water partition coefficient (Wildman–Crippen LogP) is 2.75. The van der Waals surface area contributed by atoms with Crippen molar-refractivity contribution >= 4 is 11.7 Å². The SMILES string of the molecule is COc1cc(C(F)(F)F)ncc1NC(=O)N1CCOCC[C@@H]1C. The average Bonchev–Trinajstić information content (AvgIpc) is 2.71. The average molecular weight is 333 g/mol. The molecule has 0 aliphatic carbocycles. The van der Waals surface area contributed by atoms with Crippen LogP contribution in [0.5, 0.6) is 5.75 Å². The van der Waals surface area contributed by atoms with Crippen molar-refractivity contribution < 1.29 is 27.4 Å². The summed E-state index contributed by atoms with van der Waals surface area (Å²) in [6, 6.07) is 0.290. The van der Waals surface area contributed by atoms with Gasteiger partial charge in [-0.2, -0.15) is 13.2 Å². The van der Waals surface area contributed by atoms with E-state index in [0.29, 0.717) is 26.2 Å². The van der Waals surface area contributed by atoms with Gasteiger partial charge < -0.3 is 19.7 Å². The molecule has 0 bridgehead atoms. The lowest BCUT2D eigenvalue weighted by atomic mass is 10.2. The number of pyridine rings is 1. The molecule has 1 aromatic heterocycles. The van der Waals surface area contributed by atoms with Gasteiger partial charge in [0.25, 0.3) is 0 Å². The molecule has 1 aromatic rings. The van der Waals surface area contributed by atoms with Crippen molar-refractivity contribution in [3.63, 3.8) is 0 Å². The van der Waals surface area contributed by atoms with Crippen LogP contribution < -0.4 is 10.1 Å². The summed E-state index contributed by atoms with van der Waals surface area (Å²) in [4.78, 5) is 17.2. The molecule has 6 nitrogen and oxygen atoms in total. The summed E-state index contributed by atoms with van der Waals surface area (Å²) in [5.74, 6) is -0.0978. The molecular weight excluding hydrogens is 315 g/mol. The molecule has 9 heteroatoms. The third kappa shape index (κ3) is 4.25. The van der Waals surface area contributed by atoms with E-state index in [1.54, 1.807) is 4.90 Å². The first-order valence-electron chi connectivity index (χ1n) is 7.09. The molecule has 2 rings (SSSR count). The molecule has 1 N–H and O–H groups in total. The van der Waals surface area contributed by atoms with Crippen LogP contribution in [0.3, 0.4) is 0 Å². The third-order valence-corrected chi connectivity index (χ3v) is 3.57. The Morgan fingerprint density at radius 1 is 1.48 bits per heavy atom. The van der Waals surface area contributed by atoms with E-state index >= 15 is 0 Å². The Labute approximate surface area is 131 Å². The Kier molecular flexibility index (Phi) is 5.30. The third-order valence-electron chi connectivity index (χ3n) is 3.57. The molecule has 2 heterocycles. The van der Waals surface area contributed by atoms with Crippen molar-refractivity contribution in [2.45, 2.75) is 25.6 Å². The number of aromatic nitrogens is 1. The summed E-state index contributed by atoms with van der Waals surface area (Å²) in [6.07, 6.45) is -2.94. The zero-order valence-corrected chi connectivity index (χ0v) is 12.8. The van der Waals surface area contributed by atoms with Gasteiger partial charge in [-0.15, -0.1) is 0 Å². The second-order valence-electron chi connectivity index (χ2n) is 5.14. The number of nitrogens with one attached hydrogen (secondary N) is 1. The standard InChI is InChI=1S/C14H18F3N3O3/c1-9-3-5-23-6-4-20(9)13(21)19-10-8-18-12(14(15,16)17)7-11(10)22-2/h7-9H,3-6H2,1-2H3,(H,19,21)/t9-/m0/s1. The number of nitrogens with zero attached hydrogens (tertiary/aromatic N) is 2. The minimum Gasteiger partial charge on any atom is -0.494 e. The molecule has 2 amide bonds. The van der Waals surface area contributed by atoms with Gasteiger partial charge in [-0.1, -0.05) is 0 Å². The molecule has 0 radical (unpaired) electrons. The van der Waals surface area contributed by atoms with Gasteiger partial charge in [0, 0.05) is 25.3 Å². The van der Waals surface area contributed by atoms with Gasteiger partial charge in [-0.05, 0) is 13.3 Å². The number of halogens is 3. The summed E-state index contributed by atoms with van der Waals surface area (Å²) in [5.41, 5.74) is -0.994. The van der Waals surface area contributed by atoms with Crippen LogP contribution in [0.25, 0.3) is 0 Å². The van der Waals surface area contributed by atoms with Gasteiger partial charge in [-0.3, -0.25) is 0 Å². The van der Waals surface area contributed by atoms with Gasteiger partial charge in [-0.25, -0.2) is 9.78 Å². The van der Waals surface area contributed by atoms with Gasteiger partial charge in [0.15, 0.2) is 0 Å². The number of ether oxygens (including phenoxy) is 2. The van der Waals surface area contributed by atoms with Crippen molar-refractivity contribution in [1.29, 1.82) is 0 Å². The summed E-state index contributed by atoms with van der Waals surface area (Å²) in [5, 5.41) is 2.54. The first kappa shape index (κ1) is 17.3. The van der Waals surface area contributed by atoms with Crippen LogP contribution in [-0.4, -0.2) is 48.8 Å². The van der Waals surface area contributed by atoms with Crippen molar-refractivity contribution in [2.24, 2.45) is 0 Å². The normalized spacial score (nSPS) is 19.2. The molecule has 0 spiro atoms. The molecule has 23 heavy (non-hydrogen) atoms.